The van der Waals surface area contributed by atoms with Gasteiger partial charge in [-0.25, -0.2) is 4.98 Å². The molecule has 8 nitrogen and oxygen atoms in total. The number of aromatic nitrogens is 2. The highest BCUT2D eigenvalue weighted by atomic mass is 35.5. The minimum Gasteiger partial charge on any atom is -0.491 e. The van der Waals surface area contributed by atoms with E-state index in [1.165, 1.54) is 0 Å². The van der Waals surface area contributed by atoms with Gasteiger partial charge in [-0.05, 0) is 36.4 Å². The first kappa shape index (κ1) is 24.6. The highest BCUT2D eigenvalue weighted by Gasteiger charge is 2.45. The molecule has 0 radical (unpaired) electrons. The van der Waals surface area contributed by atoms with Crippen LogP contribution in [0.15, 0.2) is 73.6 Å². The van der Waals surface area contributed by atoms with E-state index in [4.69, 9.17) is 37.4 Å². The number of anilines is 1. The van der Waals surface area contributed by atoms with Gasteiger partial charge in [-0.15, -0.1) is 0 Å². The number of carbonyl (C=O) groups excluding carboxylic acids is 1. The maximum absolute atomic E-state index is 11.5. The summed E-state index contributed by atoms with van der Waals surface area (Å²) in [5.41, 5.74) is 1.73. The largest absolute Gasteiger partial charge is 0.491 e. The number of hydrogen-bond donors (Lipinski definition) is 0. The van der Waals surface area contributed by atoms with E-state index in [0.29, 0.717) is 41.9 Å². The normalized spacial score (nSPS) is 21.7. The van der Waals surface area contributed by atoms with Crippen LogP contribution >= 0.6 is 23.2 Å². The first-order valence-corrected chi connectivity index (χ1v) is 12.4. The Hall–Kier alpha value is -3.04. The number of nitrogens with zero attached hydrogens (tertiary/aromatic N) is 4. The molecule has 0 aliphatic carbocycles. The van der Waals surface area contributed by atoms with Gasteiger partial charge in [-0.1, -0.05) is 29.3 Å². The van der Waals surface area contributed by atoms with Gasteiger partial charge in [-0.3, -0.25) is 4.79 Å². The quantitative estimate of drug-likeness (QED) is 0.443. The van der Waals surface area contributed by atoms with Crippen LogP contribution in [0.4, 0.5) is 5.69 Å². The molecule has 1 fully saturated rings. The number of hydrogen-bond acceptors (Lipinski definition) is 6. The molecule has 0 saturated carbocycles. The number of ether oxygens (including phenoxy) is 3. The average molecular weight is 529 g/mol. The SMILES string of the molecule is CC(=O)N1C=CN(c2ccc(OC[C@@H]3CO[C@](Cn4ccnc4)(c4ccc(Cl)cc4Cl)O3)cc2)CC1. The second-order valence-corrected chi connectivity index (χ2v) is 9.52. The van der Waals surface area contributed by atoms with Crippen molar-refractivity contribution in [2.24, 2.45) is 0 Å². The third-order valence-electron chi connectivity index (χ3n) is 6.17. The van der Waals surface area contributed by atoms with Crippen LogP contribution in [0.25, 0.3) is 0 Å². The van der Waals surface area contributed by atoms with E-state index in [-0.39, 0.29) is 12.0 Å². The number of carbonyl (C=O) groups is 1. The summed E-state index contributed by atoms with van der Waals surface area (Å²) in [4.78, 5) is 19.4. The van der Waals surface area contributed by atoms with Crippen molar-refractivity contribution in [3.8, 4) is 5.75 Å². The predicted molar refractivity (Wildman–Crippen MR) is 137 cm³/mol. The first-order valence-electron chi connectivity index (χ1n) is 11.6. The number of amides is 1. The molecule has 2 aliphatic rings. The fourth-order valence-electron chi connectivity index (χ4n) is 4.30. The lowest BCUT2D eigenvalue weighted by Crippen LogP contribution is -2.36. The van der Waals surface area contributed by atoms with Crippen molar-refractivity contribution in [1.29, 1.82) is 0 Å². The topological polar surface area (TPSA) is 69.1 Å². The molecule has 1 aromatic heterocycles. The Bertz CT molecular complexity index is 1240. The number of imidazole rings is 1. The van der Waals surface area contributed by atoms with Crippen molar-refractivity contribution in [2.75, 3.05) is 31.2 Å². The first-order chi connectivity index (χ1) is 17.4. The summed E-state index contributed by atoms with van der Waals surface area (Å²) in [6.45, 7) is 3.99. The van der Waals surface area contributed by atoms with Crippen LogP contribution in [0.3, 0.4) is 0 Å². The van der Waals surface area contributed by atoms with Crippen LogP contribution in [0, 0.1) is 0 Å². The fourth-order valence-corrected chi connectivity index (χ4v) is 4.85. The van der Waals surface area contributed by atoms with E-state index in [9.17, 15) is 4.79 Å². The molecule has 0 unspecified atom stereocenters. The Balaban J connectivity index is 1.24. The van der Waals surface area contributed by atoms with E-state index >= 15 is 0 Å². The van der Waals surface area contributed by atoms with Crippen LogP contribution in [0.1, 0.15) is 12.5 Å². The third kappa shape index (κ3) is 5.37. The summed E-state index contributed by atoms with van der Waals surface area (Å²) < 4.78 is 20.6. The third-order valence-corrected chi connectivity index (χ3v) is 6.72. The number of halogens is 2. The Morgan fingerprint density at radius 1 is 1.17 bits per heavy atom. The molecule has 36 heavy (non-hydrogen) atoms. The van der Waals surface area contributed by atoms with E-state index in [1.54, 1.807) is 42.7 Å². The Morgan fingerprint density at radius 3 is 2.67 bits per heavy atom. The molecule has 2 atom stereocenters. The lowest BCUT2D eigenvalue weighted by molar-refractivity contribution is -0.189. The van der Waals surface area contributed by atoms with Gasteiger partial charge in [-0.2, -0.15) is 0 Å². The smallest absolute Gasteiger partial charge is 0.223 e. The van der Waals surface area contributed by atoms with Gasteiger partial charge in [0.2, 0.25) is 11.7 Å². The van der Waals surface area contributed by atoms with E-state index in [1.807, 2.05) is 47.3 Å². The predicted octanol–water partition coefficient (Wildman–Crippen LogP) is 4.68. The molecular formula is C26H26Cl2N4O4. The van der Waals surface area contributed by atoms with Gasteiger partial charge in [0.05, 0.1) is 24.5 Å². The summed E-state index contributed by atoms with van der Waals surface area (Å²) in [6, 6.07) is 13.1. The Kier molecular flexibility index (Phi) is 7.20. The van der Waals surface area contributed by atoms with Gasteiger partial charge in [0.15, 0.2) is 0 Å². The minimum absolute atomic E-state index is 0.0418. The van der Waals surface area contributed by atoms with E-state index in [2.05, 4.69) is 9.88 Å². The number of benzene rings is 2. The zero-order valence-corrected chi connectivity index (χ0v) is 21.2. The summed E-state index contributed by atoms with van der Waals surface area (Å²) in [6.07, 6.45) is 8.66. The lowest BCUT2D eigenvalue weighted by Gasteiger charge is -2.30. The maximum Gasteiger partial charge on any atom is 0.223 e. The Labute approximate surface area is 219 Å². The second kappa shape index (κ2) is 10.5. The highest BCUT2D eigenvalue weighted by molar-refractivity contribution is 6.35. The van der Waals surface area contributed by atoms with Crippen LogP contribution < -0.4 is 9.64 Å². The molecule has 3 aromatic rings. The van der Waals surface area contributed by atoms with Gasteiger partial charge in [0, 0.05) is 61.1 Å². The monoisotopic (exact) mass is 528 g/mol. The van der Waals surface area contributed by atoms with Crippen molar-refractivity contribution in [2.45, 2.75) is 25.4 Å². The molecule has 0 N–H and O–H groups in total. The highest BCUT2D eigenvalue weighted by Crippen LogP contribution is 2.40. The van der Waals surface area contributed by atoms with Crippen LogP contribution in [0.5, 0.6) is 5.75 Å². The minimum atomic E-state index is -1.09. The number of rotatable bonds is 7. The zero-order chi connectivity index (χ0) is 25.1. The summed E-state index contributed by atoms with van der Waals surface area (Å²) in [5, 5.41) is 1.01. The molecule has 0 bridgehead atoms. The van der Waals surface area contributed by atoms with Crippen molar-refractivity contribution in [3.63, 3.8) is 0 Å². The second-order valence-electron chi connectivity index (χ2n) is 8.67. The van der Waals surface area contributed by atoms with Crippen molar-refractivity contribution in [1.82, 2.24) is 14.5 Å². The van der Waals surface area contributed by atoms with Crippen molar-refractivity contribution in [3.05, 3.63) is 89.2 Å². The molecule has 1 saturated heterocycles. The molecule has 5 rings (SSSR count). The summed E-state index contributed by atoms with van der Waals surface area (Å²) in [7, 11) is 0. The van der Waals surface area contributed by atoms with Gasteiger partial charge in [0.1, 0.15) is 18.5 Å². The lowest BCUT2D eigenvalue weighted by atomic mass is 10.1. The van der Waals surface area contributed by atoms with Crippen LogP contribution in [-0.4, -0.2) is 52.8 Å². The average Bonchev–Trinajstić information content (AvgIpc) is 3.54. The summed E-state index contributed by atoms with van der Waals surface area (Å²) >= 11 is 12.6. The van der Waals surface area contributed by atoms with E-state index in [0.717, 1.165) is 18.0 Å². The molecule has 1 amide bonds. The molecule has 10 heteroatoms. The Morgan fingerprint density at radius 2 is 2.00 bits per heavy atom. The van der Waals surface area contributed by atoms with E-state index < -0.39 is 5.79 Å². The van der Waals surface area contributed by atoms with Gasteiger partial charge < -0.3 is 28.6 Å². The maximum atomic E-state index is 11.5. The molecule has 2 aromatic carbocycles. The van der Waals surface area contributed by atoms with Crippen molar-refractivity contribution >= 4 is 34.8 Å². The molecule has 2 aliphatic heterocycles. The molecule has 188 valence electrons. The van der Waals surface area contributed by atoms with Crippen molar-refractivity contribution < 1.29 is 19.0 Å². The summed E-state index contributed by atoms with van der Waals surface area (Å²) in [5.74, 6) is -0.320. The zero-order valence-electron chi connectivity index (χ0n) is 19.7. The molecular weight excluding hydrogens is 503 g/mol. The van der Waals surface area contributed by atoms with Crippen LogP contribution in [0.2, 0.25) is 10.0 Å². The molecule has 0 spiro atoms. The fraction of sp³-hybridized carbons (Fsp3) is 0.308. The van der Waals surface area contributed by atoms with Crippen LogP contribution in [-0.2, 0) is 26.6 Å². The van der Waals surface area contributed by atoms with Gasteiger partial charge >= 0.3 is 0 Å². The van der Waals surface area contributed by atoms with Gasteiger partial charge in [0.25, 0.3) is 0 Å². The molecule has 3 heterocycles. The standard InChI is InChI=1S/C26H26Cl2N4O4/c1-19(33)31-10-12-32(13-11-31)21-3-5-22(6-4-21)34-15-23-16-35-26(36-23,17-30-9-8-29-18-30)24-7-2-20(27)14-25(24)28/h2-10,12,14,18,23H,11,13,15-17H2,1H3/t23-,26+/m1/s1.